The summed E-state index contributed by atoms with van der Waals surface area (Å²) in [6, 6.07) is 13.4. The van der Waals surface area contributed by atoms with E-state index < -0.39 is 23.2 Å². The van der Waals surface area contributed by atoms with Gasteiger partial charge in [0.1, 0.15) is 5.69 Å². The van der Waals surface area contributed by atoms with Crippen molar-refractivity contribution >= 4 is 23.3 Å². The van der Waals surface area contributed by atoms with Gasteiger partial charge in [-0.05, 0) is 49.4 Å². The van der Waals surface area contributed by atoms with E-state index in [2.05, 4.69) is 35.1 Å². The molecule has 3 aromatic rings. The van der Waals surface area contributed by atoms with Crippen LogP contribution in [0.4, 0.5) is 15.9 Å². The van der Waals surface area contributed by atoms with E-state index in [1.54, 1.807) is 6.20 Å². The Balaban J connectivity index is 1.46. The second-order valence-electron chi connectivity index (χ2n) is 10.9. The molecule has 41 heavy (non-hydrogen) atoms. The molecule has 6 rings (SSSR count). The van der Waals surface area contributed by atoms with E-state index in [0.29, 0.717) is 36.7 Å². The average Bonchev–Trinajstić information content (AvgIpc) is 2.97. The predicted molar refractivity (Wildman–Crippen MR) is 152 cm³/mol. The van der Waals surface area contributed by atoms with E-state index in [1.807, 2.05) is 36.1 Å². The number of carbonyl (C=O) groups excluding carboxylic acids is 2. The molecule has 2 unspecified atom stereocenters. The molecule has 2 aromatic heterocycles. The molecule has 4 heterocycles. The van der Waals surface area contributed by atoms with Crippen LogP contribution in [0.5, 0.6) is 0 Å². The van der Waals surface area contributed by atoms with Crippen molar-refractivity contribution in [2.45, 2.75) is 50.5 Å². The highest BCUT2D eigenvalue weighted by molar-refractivity contribution is 6.04. The first-order chi connectivity index (χ1) is 19.8. The second kappa shape index (κ2) is 10.4. The highest BCUT2D eigenvalue weighted by Crippen LogP contribution is 2.46. The number of aromatic nitrogens is 3. The number of amides is 2. The Kier molecular flexibility index (Phi) is 6.73. The minimum absolute atomic E-state index is 0.0175. The molecule has 1 fully saturated rings. The molecule has 1 saturated heterocycles. The summed E-state index contributed by atoms with van der Waals surface area (Å²) in [5.74, 6) is -0.932. The van der Waals surface area contributed by atoms with Gasteiger partial charge < -0.3 is 15.1 Å². The van der Waals surface area contributed by atoms with Crippen LogP contribution in [-0.4, -0.2) is 57.3 Å². The van der Waals surface area contributed by atoms with Crippen LogP contribution in [0, 0.1) is 18.3 Å². The summed E-state index contributed by atoms with van der Waals surface area (Å²) in [6.07, 6.45) is 4.71. The summed E-state index contributed by atoms with van der Waals surface area (Å²) in [6.45, 7) is 5.80. The Morgan fingerprint density at radius 3 is 2.85 bits per heavy atom. The lowest BCUT2D eigenvalue weighted by Gasteiger charge is -2.44. The van der Waals surface area contributed by atoms with Crippen molar-refractivity contribution in [2.24, 2.45) is 0 Å². The first-order valence-electron chi connectivity index (χ1n) is 13.8. The van der Waals surface area contributed by atoms with Crippen LogP contribution in [0.3, 0.4) is 0 Å². The summed E-state index contributed by atoms with van der Waals surface area (Å²) in [5.41, 5.74) is 4.32. The number of nitriles is 1. The van der Waals surface area contributed by atoms with Gasteiger partial charge >= 0.3 is 0 Å². The molecular weight excluding hydrogens is 521 g/mol. The van der Waals surface area contributed by atoms with Crippen LogP contribution >= 0.6 is 0 Å². The molecular formula is C31H30FN7O2. The van der Waals surface area contributed by atoms with Crippen molar-refractivity contribution in [1.82, 2.24) is 19.9 Å². The van der Waals surface area contributed by atoms with Gasteiger partial charge in [-0.2, -0.15) is 5.26 Å². The molecule has 2 aliphatic heterocycles. The van der Waals surface area contributed by atoms with Crippen molar-refractivity contribution < 1.29 is 14.0 Å². The Labute approximate surface area is 237 Å². The molecule has 1 spiro atoms. The number of piperazine rings is 1. The minimum Gasteiger partial charge on any atom is -0.351 e. The van der Waals surface area contributed by atoms with Gasteiger partial charge in [0.15, 0.2) is 17.5 Å². The van der Waals surface area contributed by atoms with Crippen LogP contribution in [0.2, 0.25) is 0 Å². The van der Waals surface area contributed by atoms with E-state index in [9.17, 15) is 19.2 Å². The smallest absolute Gasteiger partial charge is 0.282 e. The molecule has 2 amide bonds. The Hall–Kier alpha value is -4.65. The third-order valence-corrected chi connectivity index (χ3v) is 8.54. The Morgan fingerprint density at radius 1 is 1.24 bits per heavy atom. The zero-order valence-electron chi connectivity index (χ0n) is 22.9. The third-order valence-electron chi connectivity index (χ3n) is 8.54. The first-order valence-corrected chi connectivity index (χ1v) is 13.8. The van der Waals surface area contributed by atoms with Gasteiger partial charge in [0.05, 0.1) is 29.6 Å². The fourth-order valence-electron chi connectivity index (χ4n) is 6.51. The zero-order valence-corrected chi connectivity index (χ0v) is 22.9. The minimum atomic E-state index is -1.06. The molecule has 3 aliphatic rings. The van der Waals surface area contributed by atoms with Crippen molar-refractivity contribution in [1.29, 1.82) is 5.26 Å². The Bertz CT molecular complexity index is 1620. The monoisotopic (exact) mass is 551 g/mol. The number of rotatable bonds is 4. The predicted octanol–water partition coefficient (Wildman–Crippen LogP) is 4.03. The number of nitrogens with one attached hydrogen (secondary N) is 1. The van der Waals surface area contributed by atoms with Gasteiger partial charge in [-0.25, -0.2) is 14.4 Å². The highest BCUT2D eigenvalue weighted by atomic mass is 19.1. The lowest BCUT2D eigenvalue weighted by atomic mass is 9.65. The van der Waals surface area contributed by atoms with E-state index in [-0.39, 0.29) is 25.4 Å². The highest BCUT2D eigenvalue weighted by Gasteiger charge is 2.48. The van der Waals surface area contributed by atoms with Crippen molar-refractivity contribution in [3.05, 3.63) is 77.5 Å². The molecule has 1 aromatic carbocycles. The van der Waals surface area contributed by atoms with Crippen LogP contribution in [0.25, 0.3) is 11.4 Å². The standard InChI is InChI=1S/C31H30FN7O2/c1-19(32)29(40)39-16-15-38(18-22(39)11-13-33)28-26-25(35-27(37-28)23-9-6-14-34-20(23)2)17-31(30(41)36-26)12-5-8-21-7-3-4-10-24(21)31/h3-4,6-7,9-10,14,22H,1,5,8,11-12,15-18H2,2H3,(H,36,41). The summed E-state index contributed by atoms with van der Waals surface area (Å²) in [5, 5.41) is 12.7. The number of fused-ring (bicyclic) bond motifs is 3. The largest absolute Gasteiger partial charge is 0.351 e. The molecule has 0 bridgehead atoms. The number of pyridine rings is 1. The number of halogens is 1. The van der Waals surface area contributed by atoms with Gasteiger partial charge in [0.25, 0.3) is 5.91 Å². The number of hydrogen-bond donors (Lipinski definition) is 1. The number of benzene rings is 1. The average molecular weight is 552 g/mol. The van der Waals surface area contributed by atoms with Crippen LogP contribution in [0.15, 0.2) is 55.0 Å². The van der Waals surface area contributed by atoms with E-state index in [4.69, 9.17) is 9.97 Å². The lowest BCUT2D eigenvalue weighted by Crippen LogP contribution is -2.56. The van der Waals surface area contributed by atoms with Gasteiger partial charge in [-0.1, -0.05) is 30.8 Å². The third kappa shape index (κ3) is 4.51. The van der Waals surface area contributed by atoms with E-state index in [1.165, 1.54) is 10.5 Å². The number of nitrogens with zero attached hydrogens (tertiary/aromatic N) is 6. The number of carbonyl (C=O) groups is 2. The van der Waals surface area contributed by atoms with Crippen LogP contribution in [-0.2, 0) is 27.8 Å². The van der Waals surface area contributed by atoms with Crippen molar-refractivity contribution in [3.8, 4) is 17.5 Å². The molecule has 9 nitrogen and oxygen atoms in total. The second-order valence-corrected chi connectivity index (χ2v) is 10.9. The van der Waals surface area contributed by atoms with Gasteiger partial charge in [0.2, 0.25) is 5.91 Å². The molecule has 1 aliphatic carbocycles. The zero-order chi connectivity index (χ0) is 28.7. The fourth-order valence-corrected chi connectivity index (χ4v) is 6.51. The molecule has 208 valence electrons. The topological polar surface area (TPSA) is 115 Å². The molecule has 10 heteroatoms. The maximum atomic E-state index is 14.0. The Morgan fingerprint density at radius 2 is 2.07 bits per heavy atom. The lowest BCUT2D eigenvalue weighted by molar-refractivity contribution is -0.131. The SMILES string of the molecule is C=C(F)C(=O)N1CCN(c2nc(-c3cccnc3C)nc3c2NC(=O)C2(CCCc4ccccc42)C3)CC1CC#N. The molecule has 0 radical (unpaired) electrons. The number of hydrogen-bond acceptors (Lipinski definition) is 7. The van der Waals surface area contributed by atoms with Crippen LogP contribution in [0.1, 0.15) is 41.8 Å². The van der Waals surface area contributed by atoms with Crippen molar-refractivity contribution in [3.63, 3.8) is 0 Å². The van der Waals surface area contributed by atoms with Gasteiger partial charge in [0, 0.05) is 43.5 Å². The van der Waals surface area contributed by atoms with E-state index >= 15 is 0 Å². The van der Waals surface area contributed by atoms with Gasteiger partial charge in [-0.3, -0.25) is 14.6 Å². The molecule has 0 saturated carbocycles. The maximum absolute atomic E-state index is 14.0. The summed E-state index contributed by atoms with van der Waals surface area (Å²) >= 11 is 0. The number of anilines is 2. The quantitative estimate of drug-likeness (QED) is 0.487. The summed E-state index contributed by atoms with van der Waals surface area (Å²) in [7, 11) is 0. The van der Waals surface area contributed by atoms with Crippen LogP contribution < -0.4 is 10.2 Å². The molecule has 1 N–H and O–H groups in total. The summed E-state index contributed by atoms with van der Waals surface area (Å²) < 4.78 is 13.8. The van der Waals surface area contributed by atoms with Crippen molar-refractivity contribution in [2.75, 3.05) is 29.9 Å². The normalized spacial score (nSPS) is 21.5. The van der Waals surface area contributed by atoms with E-state index in [0.717, 1.165) is 35.4 Å². The van der Waals surface area contributed by atoms with Gasteiger partial charge in [-0.15, -0.1) is 0 Å². The number of aryl methyl sites for hydroxylation is 2. The summed E-state index contributed by atoms with van der Waals surface area (Å²) in [4.78, 5) is 44.1. The first kappa shape index (κ1) is 26.6. The maximum Gasteiger partial charge on any atom is 0.282 e. The molecule has 2 atom stereocenters. The fraction of sp³-hybridized carbons (Fsp3) is 0.355.